The number of morpholine rings is 1. The fourth-order valence-corrected chi connectivity index (χ4v) is 1.87. The molecular weight excluding hydrogens is 246 g/mol. The number of benzene rings is 1. The van der Waals surface area contributed by atoms with Gasteiger partial charge in [0.25, 0.3) is 5.91 Å². The molecule has 1 aliphatic heterocycles. The van der Waals surface area contributed by atoms with Crippen LogP contribution in [0.2, 0.25) is 0 Å². The zero-order chi connectivity index (χ0) is 13.5. The summed E-state index contributed by atoms with van der Waals surface area (Å²) >= 11 is 0. The summed E-state index contributed by atoms with van der Waals surface area (Å²) in [6.45, 7) is 3.47. The number of rotatable bonds is 4. The van der Waals surface area contributed by atoms with Crippen LogP contribution in [0.25, 0.3) is 0 Å². The highest BCUT2D eigenvalue weighted by atomic mass is 16.5. The van der Waals surface area contributed by atoms with Gasteiger partial charge in [-0.2, -0.15) is 5.10 Å². The number of quaternary nitrogens is 1. The number of carbonyl (C=O) groups is 1. The standard InChI is InChI=1S/C13H17N3O3/c17-12-4-2-1-3-11(12)9-14-15-13(18)10-16-5-7-19-8-6-16/h1-4,9,17H,5-8,10H2,(H,15,18)/p+1/b14-9+. The molecule has 0 aromatic heterocycles. The molecule has 19 heavy (non-hydrogen) atoms. The second kappa shape index (κ2) is 6.86. The molecule has 102 valence electrons. The SMILES string of the molecule is O=C(C[NH+]1CCOCC1)N/N=C/c1ccccc1O. The van der Waals surface area contributed by atoms with Crippen LogP contribution in [0, 0.1) is 0 Å². The second-order valence-corrected chi connectivity index (χ2v) is 4.39. The maximum atomic E-state index is 11.6. The van der Waals surface area contributed by atoms with E-state index in [1.807, 2.05) is 0 Å². The number of hydrazone groups is 1. The lowest BCUT2D eigenvalue weighted by atomic mass is 10.2. The van der Waals surface area contributed by atoms with E-state index in [-0.39, 0.29) is 11.7 Å². The number of phenols is 1. The van der Waals surface area contributed by atoms with Crippen molar-refractivity contribution in [2.75, 3.05) is 32.8 Å². The van der Waals surface area contributed by atoms with E-state index in [4.69, 9.17) is 4.74 Å². The Kier molecular flexibility index (Phi) is 4.88. The lowest BCUT2D eigenvalue weighted by Crippen LogP contribution is -3.15. The molecule has 1 heterocycles. The topological polar surface area (TPSA) is 75.4 Å². The molecule has 1 fully saturated rings. The van der Waals surface area contributed by atoms with E-state index in [1.54, 1.807) is 24.3 Å². The summed E-state index contributed by atoms with van der Waals surface area (Å²) in [5, 5.41) is 13.4. The monoisotopic (exact) mass is 264 g/mol. The first-order valence-electron chi connectivity index (χ1n) is 6.27. The Bertz CT molecular complexity index is 456. The molecule has 1 aromatic rings. The minimum Gasteiger partial charge on any atom is -0.507 e. The van der Waals surface area contributed by atoms with Gasteiger partial charge in [-0.3, -0.25) is 4.79 Å². The van der Waals surface area contributed by atoms with Crippen molar-refractivity contribution in [1.82, 2.24) is 5.43 Å². The first-order valence-corrected chi connectivity index (χ1v) is 6.27. The van der Waals surface area contributed by atoms with E-state index < -0.39 is 0 Å². The highest BCUT2D eigenvalue weighted by Crippen LogP contribution is 2.12. The highest BCUT2D eigenvalue weighted by molar-refractivity contribution is 5.85. The van der Waals surface area contributed by atoms with E-state index in [0.717, 1.165) is 13.1 Å². The summed E-state index contributed by atoms with van der Waals surface area (Å²) in [6.07, 6.45) is 1.43. The van der Waals surface area contributed by atoms with Crippen LogP contribution in [-0.2, 0) is 9.53 Å². The van der Waals surface area contributed by atoms with Gasteiger partial charge >= 0.3 is 0 Å². The van der Waals surface area contributed by atoms with Crippen molar-refractivity contribution in [2.45, 2.75) is 0 Å². The van der Waals surface area contributed by atoms with E-state index in [1.165, 1.54) is 11.1 Å². The average molecular weight is 264 g/mol. The summed E-state index contributed by atoms with van der Waals surface area (Å²) < 4.78 is 5.22. The molecule has 1 saturated heterocycles. The predicted molar refractivity (Wildman–Crippen MR) is 70.2 cm³/mol. The summed E-state index contributed by atoms with van der Waals surface area (Å²) in [5.74, 6) is 0.00266. The molecule has 3 N–H and O–H groups in total. The van der Waals surface area contributed by atoms with Crippen molar-refractivity contribution in [2.24, 2.45) is 5.10 Å². The number of para-hydroxylation sites is 1. The molecule has 2 rings (SSSR count). The maximum absolute atomic E-state index is 11.6. The Hall–Kier alpha value is -1.92. The quantitative estimate of drug-likeness (QED) is 0.470. The van der Waals surface area contributed by atoms with Gasteiger partial charge in [-0.05, 0) is 12.1 Å². The van der Waals surface area contributed by atoms with Gasteiger partial charge in [0.05, 0.1) is 19.4 Å². The van der Waals surface area contributed by atoms with Crippen molar-refractivity contribution in [3.8, 4) is 5.75 Å². The van der Waals surface area contributed by atoms with Crippen molar-refractivity contribution >= 4 is 12.1 Å². The lowest BCUT2D eigenvalue weighted by molar-refractivity contribution is -0.900. The summed E-state index contributed by atoms with van der Waals surface area (Å²) in [7, 11) is 0. The number of aromatic hydroxyl groups is 1. The van der Waals surface area contributed by atoms with Gasteiger partial charge in [-0.15, -0.1) is 0 Å². The van der Waals surface area contributed by atoms with Crippen molar-refractivity contribution < 1.29 is 19.5 Å². The number of hydrogen-bond acceptors (Lipinski definition) is 4. The van der Waals surface area contributed by atoms with Gasteiger partial charge in [-0.1, -0.05) is 12.1 Å². The Labute approximate surface area is 111 Å². The van der Waals surface area contributed by atoms with E-state index in [2.05, 4.69) is 10.5 Å². The van der Waals surface area contributed by atoms with Gasteiger partial charge in [0.15, 0.2) is 6.54 Å². The molecule has 0 atom stereocenters. The first kappa shape index (κ1) is 13.5. The number of nitrogens with one attached hydrogen (secondary N) is 2. The summed E-state index contributed by atoms with van der Waals surface area (Å²) in [5.41, 5.74) is 3.03. The molecule has 1 aliphatic rings. The van der Waals surface area contributed by atoms with Crippen LogP contribution < -0.4 is 10.3 Å². The molecule has 0 radical (unpaired) electrons. The zero-order valence-electron chi connectivity index (χ0n) is 10.6. The average Bonchev–Trinajstić information content (AvgIpc) is 2.42. The highest BCUT2D eigenvalue weighted by Gasteiger charge is 2.16. The van der Waals surface area contributed by atoms with Gasteiger partial charge in [0.2, 0.25) is 0 Å². The lowest BCUT2D eigenvalue weighted by Gasteiger charge is -2.22. The molecule has 0 bridgehead atoms. The van der Waals surface area contributed by atoms with Gasteiger partial charge < -0.3 is 14.7 Å². The van der Waals surface area contributed by atoms with E-state index in [0.29, 0.717) is 25.3 Å². The predicted octanol–water partition coefficient (Wildman–Crippen LogP) is -1.24. The van der Waals surface area contributed by atoms with Crippen LogP contribution in [0.5, 0.6) is 5.75 Å². The van der Waals surface area contributed by atoms with E-state index in [9.17, 15) is 9.90 Å². The van der Waals surface area contributed by atoms with Gasteiger partial charge in [0.1, 0.15) is 18.8 Å². The normalized spacial score (nSPS) is 16.6. The van der Waals surface area contributed by atoms with Gasteiger partial charge in [-0.25, -0.2) is 5.43 Å². The molecule has 6 nitrogen and oxygen atoms in total. The van der Waals surface area contributed by atoms with Crippen molar-refractivity contribution in [3.05, 3.63) is 29.8 Å². The Morgan fingerprint density at radius 2 is 2.16 bits per heavy atom. The first-order chi connectivity index (χ1) is 9.25. The number of ether oxygens (including phenoxy) is 1. The minimum atomic E-state index is -0.136. The Morgan fingerprint density at radius 3 is 2.89 bits per heavy atom. The molecule has 6 heteroatoms. The van der Waals surface area contributed by atoms with E-state index >= 15 is 0 Å². The van der Waals surface area contributed by atoms with Crippen molar-refractivity contribution in [1.29, 1.82) is 0 Å². The third kappa shape index (κ3) is 4.35. The Balaban J connectivity index is 1.78. The second-order valence-electron chi connectivity index (χ2n) is 4.39. The number of amides is 1. The number of phenolic OH excluding ortho intramolecular Hbond substituents is 1. The van der Waals surface area contributed by atoms with Crippen molar-refractivity contribution in [3.63, 3.8) is 0 Å². The van der Waals surface area contributed by atoms with Crippen LogP contribution in [0.1, 0.15) is 5.56 Å². The Morgan fingerprint density at radius 1 is 1.42 bits per heavy atom. The zero-order valence-corrected chi connectivity index (χ0v) is 10.6. The van der Waals surface area contributed by atoms with Crippen LogP contribution in [-0.4, -0.2) is 50.1 Å². The summed E-state index contributed by atoms with van der Waals surface area (Å²) in [6, 6.07) is 6.81. The maximum Gasteiger partial charge on any atom is 0.295 e. The van der Waals surface area contributed by atoms with Crippen LogP contribution in [0.4, 0.5) is 0 Å². The number of carbonyl (C=O) groups excluding carboxylic acids is 1. The third-order valence-electron chi connectivity index (χ3n) is 2.94. The van der Waals surface area contributed by atoms with Crippen LogP contribution >= 0.6 is 0 Å². The molecule has 0 aliphatic carbocycles. The minimum absolute atomic E-state index is 0.136. The molecule has 1 aromatic carbocycles. The van der Waals surface area contributed by atoms with Crippen LogP contribution in [0.15, 0.2) is 29.4 Å². The molecular formula is C13H18N3O3+. The number of nitrogens with zero attached hydrogens (tertiary/aromatic N) is 1. The third-order valence-corrected chi connectivity index (χ3v) is 2.94. The number of hydrogen-bond donors (Lipinski definition) is 3. The van der Waals surface area contributed by atoms with Crippen LogP contribution in [0.3, 0.4) is 0 Å². The summed E-state index contributed by atoms with van der Waals surface area (Å²) in [4.78, 5) is 12.8. The molecule has 1 amide bonds. The molecule has 0 spiro atoms. The van der Waals surface area contributed by atoms with Gasteiger partial charge in [0, 0.05) is 5.56 Å². The fraction of sp³-hybridized carbons (Fsp3) is 0.385. The smallest absolute Gasteiger partial charge is 0.295 e. The molecule has 0 saturated carbocycles. The molecule has 0 unspecified atom stereocenters. The largest absolute Gasteiger partial charge is 0.507 e. The fourth-order valence-electron chi connectivity index (χ4n) is 1.87.